The highest BCUT2D eigenvalue weighted by Gasteiger charge is 2.34. The van der Waals surface area contributed by atoms with Crippen molar-refractivity contribution in [2.75, 3.05) is 0 Å². The van der Waals surface area contributed by atoms with Crippen LogP contribution < -0.4 is 5.73 Å². The summed E-state index contributed by atoms with van der Waals surface area (Å²) in [5.41, 5.74) is 6.99. The zero-order valence-electron chi connectivity index (χ0n) is 6.13. The average molecular weight is 168 g/mol. The summed E-state index contributed by atoms with van der Waals surface area (Å²) in [5.74, 6) is 0.564. The number of halogens is 1. The van der Waals surface area contributed by atoms with Crippen molar-refractivity contribution in [1.82, 2.24) is 0 Å². The number of rotatable bonds is 1. The van der Waals surface area contributed by atoms with Crippen LogP contribution in [0.3, 0.4) is 0 Å². The van der Waals surface area contributed by atoms with Gasteiger partial charge < -0.3 is 5.73 Å². The largest absolute Gasteiger partial charge is 0.327 e. The molecule has 0 saturated heterocycles. The van der Waals surface area contributed by atoms with E-state index in [9.17, 15) is 0 Å². The predicted molar refractivity (Wildman–Crippen MR) is 46.8 cm³/mol. The summed E-state index contributed by atoms with van der Waals surface area (Å²) in [6.45, 7) is 0. The molecule has 0 spiro atoms. The summed E-state index contributed by atoms with van der Waals surface area (Å²) in [7, 11) is 0. The quantitative estimate of drug-likeness (QED) is 0.682. The molecule has 1 aliphatic carbocycles. The van der Waals surface area contributed by atoms with Gasteiger partial charge in [0.15, 0.2) is 0 Å². The highest BCUT2D eigenvalue weighted by molar-refractivity contribution is 6.30. The lowest BCUT2D eigenvalue weighted by Gasteiger charge is -1.97. The maximum absolute atomic E-state index is 5.82. The second-order valence-electron chi connectivity index (χ2n) is 3.06. The Hall–Kier alpha value is -0.530. The van der Waals surface area contributed by atoms with Gasteiger partial charge in [-0.3, -0.25) is 0 Å². The Morgan fingerprint density at radius 3 is 2.73 bits per heavy atom. The van der Waals surface area contributed by atoms with Crippen molar-refractivity contribution >= 4 is 11.6 Å². The van der Waals surface area contributed by atoms with Crippen LogP contribution >= 0.6 is 11.6 Å². The van der Waals surface area contributed by atoms with Crippen LogP contribution in [0.1, 0.15) is 17.9 Å². The van der Waals surface area contributed by atoms with Crippen LogP contribution in [0, 0.1) is 0 Å². The molecular weight excluding hydrogens is 158 g/mol. The van der Waals surface area contributed by atoms with Crippen molar-refractivity contribution in [3.05, 3.63) is 34.9 Å². The molecule has 2 N–H and O–H groups in total. The normalized spacial score (nSPS) is 28.5. The van der Waals surface area contributed by atoms with Crippen molar-refractivity contribution in [2.24, 2.45) is 5.73 Å². The zero-order chi connectivity index (χ0) is 7.84. The lowest BCUT2D eigenvalue weighted by molar-refractivity contribution is 0.991. The van der Waals surface area contributed by atoms with E-state index in [1.165, 1.54) is 5.56 Å². The van der Waals surface area contributed by atoms with Crippen LogP contribution in [0.4, 0.5) is 0 Å². The summed E-state index contributed by atoms with van der Waals surface area (Å²) < 4.78 is 0. The van der Waals surface area contributed by atoms with E-state index >= 15 is 0 Å². The molecule has 2 heteroatoms. The Morgan fingerprint density at radius 2 is 2.18 bits per heavy atom. The first-order chi connectivity index (χ1) is 5.27. The van der Waals surface area contributed by atoms with Crippen LogP contribution in [-0.4, -0.2) is 6.04 Å². The molecule has 2 rings (SSSR count). The minimum absolute atomic E-state index is 0.369. The van der Waals surface area contributed by atoms with Gasteiger partial charge in [0.2, 0.25) is 0 Å². The van der Waals surface area contributed by atoms with Crippen molar-refractivity contribution in [1.29, 1.82) is 0 Å². The molecule has 0 bridgehead atoms. The maximum atomic E-state index is 5.82. The van der Waals surface area contributed by atoms with E-state index in [1.54, 1.807) is 0 Å². The molecule has 1 aliphatic rings. The number of benzene rings is 1. The Morgan fingerprint density at radius 1 is 1.45 bits per heavy atom. The van der Waals surface area contributed by atoms with Gasteiger partial charge in [-0.05, 0) is 24.1 Å². The first-order valence-electron chi connectivity index (χ1n) is 3.78. The topological polar surface area (TPSA) is 26.0 Å². The van der Waals surface area contributed by atoms with E-state index in [1.807, 2.05) is 18.2 Å². The average Bonchev–Trinajstić information content (AvgIpc) is 2.67. The second kappa shape index (κ2) is 2.50. The number of hydrogen-bond acceptors (Lipinski definition) is 1. The molecule has 1 saturated carbocycles. The lowest BCUT2D eigenvalue weighted by atomic mass is 10.1. The molecule has 0 radical (unpaired) electrons. The summed E-state index contributed by atoms with van der Waals surface area (Å²) in [5, 5.41) is 0.807. The lowest BCUT2D eigenvalue weighted by Crippen LogP contribution is -2.00. The van der Waals surface area contributed by atoms with Crippen molar-refractivity contribution in [3.8, 4) is 0 Å². The Bertz CT molecular complexity index is 272. The summed E-state index contributed by atoms with van der Waals surface area (Å²) in [6, 6.07) is 8.32. The molecule has 2 atom stereocenters. The van der Waals surface area contributed by atoms with Gasteiger partial charge in [-0.1, -0.05) is 23.7 Å². The Kier molecular flexibility index (Phi) is 1.63. The van der Waals surface area contributed by atoms with Crippen molar-refractivity contribution in [2.45, 2.75) is 18.4 Å². The molecule has 1 unspecified atom stereocenters. The van der Waals surface area contributed by atoms with E-state index in [0.717, 1.165) is 11.4 Å². The molecule has 11 heavy (non-hydrogen) atoms. The smallest absolute Gasteiger partial charge is 0.0408 e. The van der Waals surface area contributed by atoms with E-state index in [2.05, 4.69) is 6.07 Å². The third-order valence-electron chi connectivity index (χ3n) is 2.12. The summed E-state index contributed by atoms with van der Waals surface area (Å²) >= 11 is 5.82. The first-order valence-corrected chi connectivity index (χ1v) is 4.16. The fourth-order valence-electron chi connectivity index (χ4n) is 1.34. The fraction of sp³-hybridized carbons (Fsp3) is 0.333. The molecule has 0 heterocycles. The van der Waals surface area contributed by atoms with E-state index < -0.39 is 0 Å². The molecule has 1 aromatic rings. The third kappa shape index (κ3) is 1.39. The van der Waals surface area contributed by atoms with Crippen LogP contribution in [-0.2, 0) is 0 Å². The van der Waals surface area contributed by atoms with Gasteiger partial charge in [-0.2, -0.15) is 0 Å². The number of hydrogen-bond donors (Lipinski definition) is 1. The molecule has 1 fully saturated rings. The van der Waals surface area contributed by atoms with E-state index in [-0.39, 0.29) is 0 Å². The molecule has 0 aliphatic heterocycles. The van der Waals surface area contributed by atoms with E-state index in [0.29, 0.717) is 12.0 Å². The minimum atomic E-state index is 0.369. The molecular formula is C9H10ClN. The molecule has 58 valence electrons. The van der Waals surface area contributed by atoms with Crippen LogP contribution in [0.25, 0.3) is 0 Å². The first kappa shape index (κ1) is 7.14. The van der Waals surface area contributed by atoms with Gasteiger partial charge in [0.1, 0.15) is 0 Å². The standard InChI is InChI=1S/C9H10ClN/c10-7-3-1-2-6(4-7)8-5-9(8)11/h1-4,8-9H,5,11H2/t8?,9-/m0/s1. The highest BCUT2D eigenvalue weighted by atomic mass is 35.5. The van der Waals surface area contributed by atoms with Crippen LogP contribution in [0.5, 0.6) is 0 Å². The summed E-state index contributed by atoms with van der Waals surface area (Å²) in [6.07, 6.45) is 1.11. The van der Waals surface area contributed by atoms with Crippen LogP contribution in [0.15, 0.2) is 24.3 Å². The van der Waals surface area contributed by atoms with Gasteiger partial charge >= 0.3 is 0 Å². The maximum Gasteiger partial charge on any atom is 0.0408 e. The molecule has 1 nitrogen and oxygen atoms in total. The van der Waals surface area contributed by atoms with Gasteiger partial charge in [0, 0.05) is 17.0 Å². The fourth-order valence-corrected chi connectivity index (χ4v) is 1.53. The van der Waals surface area contributed by atoms with Crippen molar-refractivity contribution < 1.29 is 0 Å². The second-order valence-corrected chi connectivity index (χ2v) is 3.50. The highest BCUT2D eigenvalue weighted by Crippen LogP contribution is 2.39. The van der Waals surface area contributed by atoms with E-state index in [4.69, 9.17) is 17.3 Å². The number of nitrogens with two attached hydrogens (primary N) is 1. The van der Waals surface area contributed by atoms with Crippen LogP contribution in [0.2, 0.25) is 5.02 Å². The predicted octanol–water partition coefficient (Wildman–Crippen LogP) is 2.15. The third-order valence-corrected chi connectivity index (χ3v) is 2.35. The zero-order valence-corrected chi connectivity index (χ0v) is 6.88. The monoisotopic (exact) mass is 167 g/mol. The minimum Gasteiger partial charge on any atom is -0.327 e. The summed E-state index contributed by atoms with van der Waals surface area (Å²) in [4.78, 5) is 0. The van der Waals surface area contributed by atoms with Crippen molar-refractivity contribution in [3.63, 3.8) is 0 Å². The Balaban J connectivity index is 2.25. The van der Waals surface area contributed by atoms with Gasteiger partial charge in [0.25, 0.3) is 0 Å². The van der Waals surface area contributed by atoms with Gasteiger partial charge in [-0.15, -0.1) is 0 Å². The molecule has 0 aromatic heterocycles. The molecule has 1 aromatic carbocycles. The van der Waals surface area contributed by atoms with Gasteiger partial charge in [0.05, 0.1) is 0 Å². The Labute approximate surface area is 71.2 Å². The SMILES string of the molecule is N[C@H]1CC1c1cccc(Cl)c1. The molecule has 0 amide bonds. The van der Waals surface area contributed by atoms with Gasteiger partial charge in [-0.25, -0.2) is 0 Å².